The lowest BCUT2D eigenvalue weighted by Crippen LogP contribution is -2.14. The normalized spacial score (nSPS) is 23.8. The number of hydrogen-bond acceptors (Lipinski definition) is 2. The van der Waals surface area contributed by atoms with E-state index < -0.39 is 5.97 Å². The minimum atomic E-state index is -0.685. The molecule has 0 atom stereocenters. The van der Waals surface area contributed by atoms with E-state index in [1.807, 2.05) is 12.1 Å². The highest BCUT2D eigenvalue weighted by Gasteiger charge is 2.22. The van der Waals surface area contributed by atoms with Gasteiger partial charge < -0.3 is 10.2 Å². The number of carboxylic acid groups (broad SMARTS) is 1. The van der Waals surface area contributed by atoms with Gasteiger partial charge in [-0.1, -0.05) is 12.1 Å². The molecular formula is C15H20O3. The largest absolute Gasteiger partial charge is 0.508 e. The molecular weight excluding hydrogens is 228 g/mol. The minimum absolute atomic E-state index is 0.300. The Labute approximate surface area is 107 Å². The van der Waals surface area contributed by atoms with Crippen LogP contribution in [0.3, 0.4) is 0 Å². The van der Waals surface area contributed by atoms with Crippen molar-refractivity contribution in [3.05, 3.63) is 29.8 Å². The second kappa shape index (κ2) is 5.89. The molecule has 0 amide bonds. The van der Waals surface area contributed by atoms with Crippen LogP contribution in [-0.2, 0) is 4.79 Å². The van der Waals surface area contributed by atoms with E-state index in [-0.39, 0.29) is 0 Å². The second-order valence-electron chi connectivity index (χ2n) is 5.24. The van der Waals surface area contributed by atoms with E-state index in [9.17, 15) is 9.90 Å². The Balaban J connectivity index is 1.83. The van der Waals surface area contributed by atoms with E-state index in [1.165, 1.54) is 5.56 Å². The van der Waals surface area contributed by atoms with Crippen molar-refractivity contribution in [2.75, 3.05) is 0 Å². The second-order valence-corrected chi connectivity index (χ2v) is 5.24. The number of aromatic hydroxyl groups is 1. The van der Waals surface area contributed by atoms with Gasteiger partial charge in [0.15, 0.2) is 0 Å². The first-order valence-electron chi connectivity index (χ1n) is 6.66. The van der Waals surface area contributed by atoms with Gasteiger partial charge in [0.05, 0.1) is 0 Å². The van der Waals surface area contributed by atoms with Gasteiger partial charge in [0.25, 0.3) is 0 Å². The molecule has 3 heteroatoms. The maximum absolute atomic E-state index is 10.5. The summed E-state index contributed by atoms with van der Waals surface area (Å²) in [4.78, 5) is 10.5. The van der Waals surface area contributed by atoms with Crippen LogP contribution in [0.4, 0.5) is 0 Å². The number of phenols is 1. The zero-order valence-electron chi connectivity index (χ0n) is 10.5. The maximum Gasteiger partial charge on any atom is 0.303 e. The number of carboxylic acids is 1. The lowest BCUT2D eigenvalue weighted by molar-refractivity contribution is -0.137. The Morgan fingerprint density at radius 1 is 1.11 bits per heavy atom. The molecule has 1 aliphatic rings. The first kappa shape index (κ1) is 12.9. The van der Waals surface area contributed by atoms with Gasteiger partial charge in [0.2, 0.25) is 0 Å². The molecule has 0 bridgehead atoms. The number of phenolic OH excluding ortho intramolecular Hbond substituents is 1. The first-order valence-corrected chi connectivity index (χ1v) is 6.66. The van der Waals surface area contributed by atoms with Gasteiger partial charge in [-0.15, -0.1) is 0 Å². The van der Waals surface area contributed by atoms with Crippen LogP contribution in [0.25, 0.3) is 0 Å². The van der Waals surface area contributed by atoms with Crippen LogP contribution in [0.5, 0.6) is 5.75 Å². The summed E-state index contributed by atoms with van der Waals surface area (Å²) in [5.41, 5.74) is 1.30. The third kappa shape index (κ3) is 3.49. The molecule has 18 heavy (non-hydrogen) atoms. The van der Waals surface area contributed by atoms with Crippen molar-refractivity contribution in [1.29, 1.82) is 0 Å². The van der Waals surface area contributed by atoms with Crippen LogP contribution >= 0.6 is 0 Å². The molecule has 2 rings (SSSR count). The molecule has 0 spiro atoms. The molecule has 2 N–H and O–H groups in total. The fourth-order valence-corrected chi connectivity index (χ4v) is 2.86. The summed E-state index contributed by atoms with van der Waals surface area (Å²) in [5, 5.41) is 17.9. The Morgan fingerprint density at radius 3 is 2.28 bits per heavy atom. The highest BCUT2D eigenvalue weighted by Crippen LogP contribution is 2.37. The SMILES string of the molecule is O=C(O)CC[C@H]1CC[C@H](c2ccc(O)cc2)CC1. The average molecular weight is 248 g/mol. The zero-order chi connectivity index (χ0) is 13.0. The molecule has 0 radical (unpaired) electrons. The van der Waals surface area contributed by atoms with Crippen molar-refractivity contribution in [2.45, 2.75) is 44.4 Å². The van der Waals surface area contributed by atoms with E-state index in [1.54, 1.807) is 12.1 Å². The van der Waals surface area contributed by atoms with Crippen LogP contribution < -0.4 is 0 Å². The summed E-state index contributed by atoms with van der Waals surface area (Å²) < 4.78 is 0. The highest BCUT2D eigenvalue weighted by atomic mass is 16.4. The number of hydrogen-bond donors (Lipinski definition) is 2. The van der Waals surface area contributed by atoms with Crippen LogP contribution in [-0.4, -0.2) is 16.2 Å². The average Bonchev–Trinajstić information content (AvgIpc) is 2.38. The molecule has 1 fully saturated rings. The van der Waals surface area contributed by atoms with Gasteiger partial charge in [-0.05, 0) is 61.6 Å². The quantitative estimate of drug-likeness (QED) is 0.857. The van der Waals surface area contributed by atoms with E-state index >= 15 is 0 Å². The van der Waals surface area contributed by atoms with Crippen molar-refractivity contribution in [1.82, 2.24) is 0 Å². The molecule has 0 saturated heterocycles. The van der Waals surface area contributed by atoms with Crippen LogP contribution in [0.1, 0.15) is 50.0 Å². The van der Waals surface area contributed by atoms with Gasteiger partial charge >= 0.3 is 5.97 Å². The van der Waals surface area contributed by atoms with Crippen LogP contribution in [0.15, 0.2) is 24.3 Å². The Kier molecular flexibility index (Phi) is 4.24. The summed E-state index contributed by atoms with van der Waals surface area (Å²) >= 11 is 0. The molecule has 1 aromatic rings. The lowest BCUT2D eigenvalue weighted by atomic mass is 9.77. The van der Waals surface area contributed by atoms with Gasteiger partial charge in [0.1, 0.15) is 5.75 Å². The smallest absolute Gasteiger partial charge is 0.303 e. The van der Waals surface area contributed by atoms with Gasteiger partial charge in [-0.25, -0.2) is 0 Å². The fourth-order valence-electron chi connectivity index (χ4n) is 2.86. The third-order valence-electron chi connectivity index (χ3n) is 3.98. The molecule has 98 valence electrons. The molecule has 1 aromatic carbocycles. The molecule has 3 nitrogen and oxygen atoms in total. The van der Waals surface area contributed by atoms with Crippen molar-refractivity contribution >= 4 is 5.97 Å². The van der Waals surface area contributed by atoms with E-state index in [0.29, 0.717) is 24.0 Å². The highest BCUT2D eigenvalue weighted by molar-refractivity contribution is 5.66. The number of rotatable bonds is 4. The minimum Gasteiger partial charge on any atom is -0.508 e. The van der Waals surface area contributed by atoms with E-state index in [2.05, 4.69) is 0 Å². The van der Waals surface area contributed by atoms with E-state index in [0.717, 1.165) is 32.1 Å². The molecule has 0 unspecified atom stereocenters. The predicted octanol–water partition coefficient (Wildman–Crippen LogP) is 3.53. The molecule has 0 heterocycles. The molecule has 0 aliphatic heterocycles. The number of benzene rings is 1. The monoisotopic (exact) mass is 248 g/mol. The lowest BCUT2D eigenvalue weighted by Gasteiger charge is -2.28. The predicted molar refractivity (Wildman–Crippen MR) is 69.7 cm³/mol. The summed E-state index contributed by atoms with van der Waals surface area (Å²) in [6.45, 7) is 0. The Bertz CT molecular complexity index is 389. The van der Waals surface area contributed by atoms with E-state index in [4.69, 9.17) is 5.11 Å². The van der Waals surface area contributed by atoms with Crippen molar-refractivity contribution in [2.24, 2.45) is 5.92 Å². The molecule has 1 saturated carbocycles. The standard InChI is InChI=1S/C15H20O3/c16-14-8-6-13(7-9-14)12-4-1-11(2-5-12)3-10-15(17)18/h6-9,11-12,16H,1-5,10H2,(H,17,18)/t11-,12-. The van der Waals surface area contributed by atoms with Crippen molar-refractivity contribution in [3.63, 3.8) is 0 Å². The maximum atomic E-state index is 10.5. The van der Waals surface area contributed by atoms with Gasteiger partial charge in [-0.2, -0.15) is 0 Å². The topological polar surface area (TPSA) is 57.5 Å². The molecule has 1 aliphatic carbocycles. The third-order valence-corrected chi connectivity index (χ3v) is 3.98. The van der Waals surface area contributed by atoms with Crippen LogP contribution in [0, 0.1) is 5.92 Å². The van der Waals surface area contributed by atoms with Crippen molar-refractivity contribution in [3.8, 4) is 5.75 Å². The summed E-state index contributed by atoms with van der Waals surface area (Å²) in [5.74, 6) is 0.783. The van der Waals surface area contributed by atoms with Crippen LogP contribution in [0.2, 0.25) is 0 Å². The Hall–Kier alpha value is -1.51. The zero-order valence-corrected chi connectivity index (χ0v) is 10.5. The number of carbonyl (C=O) groups is 1. The first-order chi connectivity index (χ1) is 8.65. The number of aliphatic carboxylic acids is 1. The van der Waals surface area contributed by atoms with Gasteiger partial charge in [0, 0.05) is 6.42 Å². The summed E-state index contributed by atoms with van der Waals surface area (Å²) in [6.07, 6.45) is 5.63. The fraction of sp³-hybridized carbons (Fsp3) is 0.533. The van der Waals surface area contributed by atoms with Gasteiger partial charge in [-0.3, -0.25) is 4.79 Å². The summed E-state index contributed by atoms with van der Waals surface area (Å²) in [6, 6.07) is 7.48. The van der Waals surface area contributed by atoms with Crippen molar-refractivity contribution < 1.29 is 15.0 Å². The summed E-state index contributed by atoms with van der Waals surface area (Å²) in [7, 11) is 0. The molecule has 0 aromatic heterocycles. The Morgan fingerprint density at radius 2 is 1.72 bits per heavy atom.